The van der Waals surface area contributed by atoms with E-state index in [9.17, 15) is 9.59 Å². The summed E-state index contributed by atoms with van der Waals surface area (Å²) in [7, 11) is 0. The number of carbonyl (C=O) groups excluding carboxylic acids is 2. The van der Waals surface area contributed by atoms with Gasteiger partial charge in [0.1, 0.15) is 11.5 Å². The minimum absolute atomic E-state index is 0.121. The topological polar surface area (TPSA) is 62.6 Å². The molecular weight excluding hydrogens is 324 g/mol. The van der Waals surface area contributed by atoms with Crippen LogP contribution in [-0.2, 0) is 16.0 Å². The van der Waals surface area contributed by atoms with Crippen LogP contribution in [0.25, 0.3) is 10.6 Å². The van der Waals surface area contributed by atoms with Gasteiger partial charge in [0, 0.05) is 38.4 Å². The fourth-order valence-electron chi connectivity index (χ4n) is 3.59. The van der Waals surface area contributed by atoms with Crippen molar-refractivity contribution in [2.45, 2.75) is 31.7 Å². The molecule has 2 amide bonds. The molecular formula is C18H20N2O3S. The average molecular weight is 344 g/mol. The highest BCUT2D eigenvalue weighted by Gasteiger charge is 2.37. The molecule has 2 aliphatic heterocycles. The Morgan fingerprint density at radius 2 is 2.29 bits per heavy atom. The molecule has 6 heteroatoms. The molecule has 0 saturated carbocycles. The minimum atomic E-state index is 0.121. The van der Waals surface area contributed by atoms with Gasteiger partial charge in [0.25, 0.3) is 0 Å². The third-order valence-corrected chi connectivity index (χ3v) is 5.80. The Kier molecular flexibility index (Phi) is 4.14. The van der Waals surface area contributed by atoms with E-state index in [2.05, 4.69) is 5.32 Å². The number of hydrogen-bond donors (Lipinski definition) is 1. The monoisotopic (exact) mass is 344 g/mol. The van der Waals surface area contributed by atoms with Crippen molar-refractivity contribution in [3.05, 3.63) is 35.4 Å². The van der Waals surface area contributed by atoms with Crippen molar-refractivity contribution in [2.24, 2.45) is 5.92 Å². The van der Waals surface area contributed by atoms with Crippen molar-refractivity contribution < 1.29 is 14.0 Å². The van der Waals surface area contributed by atoms with Crippen LogP contribution in [0.5, 0.6) is 0 Å². The number of thiophene rings is 1. The van der Waals surface area contributed by atoms with Gasteiger partial charge < -0.3 is 14.6 Å². The number of amides is 2. The van der Waals surface area contributed by atoms with Crippen molar-refractivity contribution >= 4 is 23.2 Å². The highest BCUT2D eigenvalue weighted by atomic mass is 32.1. The number of rotatable bonds is 4. The lowest BCUT2D eigenvalue weighted by Gasteiger charge is -2.34. The fraction of sp³-hybridized carbons (Fsp3) is 0.444. The molecule has 2 atom stereocenters. The zero-order valence-electron chi connectivity index (χ0n) is 13.4. The largest absolute Gasteiger partial charge is 0.460 e. The van der Waals surface area contributed by atoms with Gasteiger partial charge in [0.2, 0.25) is 11.8 Å². The molecule has 4 heterocycles. The van der Waals surface area contributed by atoms with Gasteiger partial charge in [0.15, 0.2) is 0 Å². The van der Waals surface area contributed by atoms with Crippen LogP contribution in [0, 0.1) is 5.92 Å². The van der Waals surface area contributed by atoms with Gasteiger partial charge in [0.05, 0.1) is 4.88 Å². The highest BCUT2D eigenvalue weighted by molar-refractivity contribution is 7.13. The van der Waals surface area contributed by atoms with Crippen molar-refractivity contribution in [1.29, 1.82) is 0 Å². The van der Waals surface area contributed by atoms with Crippen molar-refractivity contribution in [3.8, 4) is 10.6 Å². The first kappa shape index (κ1) is 15.4. The van der Waals surface area contributed by atoms with Gasteiger partial charge in [-0.1, -0.05) is 6.07 Å². The Labute approximate surface area is 144 Å². The number of furan rings is 1. The van der Waals surface area contributed by atoms with E-state index in [-0.39, 0.29) is 17.9 Å². The first-order chi connectivity index (χ1) is 11.7. The summed E-state index contributed by atoms with van der Waals surface area (Å²) in [5, 5.41) is 5.00. The number of fused-ring (bicyclic) bond motifs is 1. The summed E-state index contributed by atoms with van der Waals surface area (Å²) in [4.78, 5) is 26.9. The Balaban J connectivity index is 1.31. The number of hydrogen-bond acceptors (Lipinski definition) is 4. The van der Waals surface area contributed by atoms with Gasteiger partial charge in [-0.15, -0.1) is 11.3 Å². The molecule has 24 heavy (non-hydrogen) atoms. The average Bonchev–Trinajstić information content (AvgIpc) is 3.30. The molecule has 4 rings (SSSR count). The molecule has 2 aromatic rings. The van der Waals surface area contributed by atoms with Crippen LogP contribution < -0.4 is 5.32 Å². The van der Waals surface area contributed by atoms with Gasteiger partial charge in [-0.05, 0) is 35.9 Å². The lowest BCUT2D eigenvalue weighted by atomic mass is 9.92. The van der Waals surface area contributed by atoms with Crippen molar-refractivity contribution in [1.82, 2.24) is 10.2 Å². The Morgan fingerprint density at radius 3 is 3.12 bits per heavy atom. The zero-order chi connectivity index (χ0) is 16.5. The lowest BCUT2D eigenvalue weighted by molar-refractivity contribution is -0.133. The van der Waals surface area contributed by atoms with Gasteiger partial charge in [-0.25, -0.2) is 0 Å². The molecule has 0 radical (unpaired) electrons. The van der Waals surface area contributed by atoms with Gasteiger partial charge >= 0.3 is 0 Å². The second-order valence-corrected chi connectivity index (χ2v) is 7.46. The summed E-state index contributed by atoms with van der Waals surface area (Å²) in [6.45, 7) is 1.40. The van der Waals surface area contributed by atoms with E-state index < -0.39 is 0 Å². The SMILES string of the molecule is O=C1C[C@H]2CCN(C(=O)CCc3ccc(-c4cccs4)o3)C[C@H]2N1. The first-order valence-corrected chi connectivity index (χ1v) is 9.27. The third-order valence-electron chi connectivity index (χ3n) is 4.91. The molecule has 0 unspecified atom stereocenters. The maximum absolute atomic E-state index is 12.5. The number of aryl methyl sites for hydroxylation is 1. The summed E-state index contributed by atoms with van der Waals surface area (Å²) in [6.07, 6.45) is 2.59. The molecule has 5 nitrogen and oxygen atoms in total. The fourth-order valence-corrected chi connectivity index (χ4v) is 4.28. The van der Waals surface area contributed by atoms with Crippen LogP contribution in [0.1, 0.15) is 25.0 Å². The predicted molar refractivity (Wildman–Crippen MR) is 91.6 cm³/mol. The Bertz CT molecular complexity index is 737. The number of nitrogens with one attached hydrogen (secondary N) is 1. The number of nitrogens with zero attached hydrogens (tertiary/aromatic N) is 1. The first-order valence-electron chi connectivity index (χ1n) is 8.39. The van der Waals surface area contributed by atoms with E-state index in [4.69, 9.17) is 4.42 Å². The molecule has 0 aliphatic carbocycles. The third kappa shape index (κ3) is 3.11. The van der Waals surface area contributed by atoms with Crippen LogP contribution >= 0.6 is 11.3 Å². The number of likely N-dealkylation sites (tertiary alicyclic amines) is 1. The number of carbonyl (C=O) groups is 2. The van der Waals surface area contributed by atoms with E-state index in [0.29, 0.717) is 31.7 Å². The van der Waals surface area contributed by atoms with E-state index in [0.717, 1.165) is 29.4 Å². The minimum Gasteiger partial charge on any atom is -0.460 e. The second-order valence-electron chi connectivity index (χ2n) is 6.51. The van der Waals surface area contributed by atoms with Crippen LogP contribution in [0.3, 0.4) is 0 Å². The van der Waals surface area contributed by atoms with Crippen LogP contribution in [0.15, 0.2) is 34.1 Å². The molecule has 2 aromatic heterocycles. The molecule has 1 N–H and O–H groups in total. The van der Waals surface area contributed by atoms with E-state index in [1.54, 1.807) is 11.3 Å². The summed E-state index contributed by atoms with van der Waals surface area (Å²) >= 11 is 1.64. The van der Waals surface area contributed by atoms with Crippen LogP contribution in [0.2, 0.25) is 0 Å². The maximum Gasteiger partial charge on any atom is 0.223 e. The predicted octanol–water partition coefficient (Wildman–Crippen LogP) is 2.68. The summed E-state index contributed by atoms with van der Waals surface area (Å²) < 4.78 is 5.83. The standard InChI is InChI=1S/C18H20N2O3S/c21-17-10-12-7-8-20(11-14(12)19-17)18(22)6-4-13-3-5-15(23-13)16-2-1-9-24-16/h1-3,5,9,12,14H,4,6-8,10-11H2,(H,19,21)/t12-,14-/m1/s1. The smallest absolute Gasteiger partial charge is 0.223 e. The molecule has 0 spiro atoms. The van der Waals surface area contributed by atoms with Gasteiger partial charge in [-0.3, -0.25) is 9.59 Å². The van der Waals surface area contributed by atoms with Crippen molar-refractivity contribution in [3.63, 3.8) is 0 Å². The number of piperidine rings is 1. The zero-order valence-corrected chi connectivity index (χ0v) is 14.2. The molecule has 2 fully saturated rings. The summed E-state index contributed by atoms with van der Waals surface area (Å²) in [5.74, 6) is 2.37. The second kappa shape index (κ2) is 6.43. The summed E-state index contributed by atoms with van der Waals surface area (Å²) in [5.41, 5.74) is 0. The molecule has 0 aromatic carbocycles. The molecule has 126 valence electrons. The van der Waals surface area contributed by atoms with Crippen molar-refractivity contribution in [2.75, 3.05) is 13.1 Å². The Hall–Kier alpha value is -2.08. The molecule has 0 bridgehead atoms. The van der Waals surface area contributed by atoms with E-state index in [1.807, 2.05) is 34.5 Å². The van der Waals surface area contributed by atoms with E-state index in [1.165, 1.54) is 0 Å². The van der Waals surface area contributed by atoms with Gasteiger partial charge in [-0.2, -0.15) is 0 Å². The highest BCUT2D eigenvalue weighted by Crippen LogP contribution is 2.28. The summed E-state index contributed by atoms with van der Waals surface area (Å²) in [6, 6.07) is 8.08. The van der Waals surface area contributed by atoms with Crippen LogP contribution in [-0.4, -0.2) is 35.8 Å². The molecule has 2 saturated heterocycles. The quantitative estimate of drug-likeness (QED) is 0.927. The normalized spacial score (nSPS) is 23.2. The maximum atomic E-state index is 12.5. The lowest BCUT2D eigenvalue weighted by Crippen LogP contribution is -2.49. The van der Waals surface area contributed by atoms with E-state index >= 15 is 0 Å². The van der Waals surface area contributed by atoms with Crippen LogP contribution in [0.4, 0.5) is 0 Å². The molecule has 2 aliphatic rings. The Morgan fingerprint density at radius 1 is 1.38 bits per heavy atom.